The van der Waals surface area contributed by atoms with Crippen LogP contribution in [-0.4, -0.2) is 22.0 Å². The summed E-state index contributed by atoms with van der Waals surface area (Å²) in [6.07, 6.45) is 0.547. The van der Waals surface area contributed by atoms with Crippen LogP contribution in [0.2, 0.25) is 0 Å². The van der Waals surface area contributed by atoms with E-state index in [1.54, 1.807) is 26.1 Å². The van der Waals surface area contributed by atoms with Crippen LogP contribution in [0.4, 0.5) is 4.39 Å². The van der Waals surface area contributed by atoms with E-state index in [4.69, 9.17) is 4.74 Å². The maximum absolute atomic E-state index is 13.5. The van der Waals surface area contributed by atoms with Gasteiger partial charge in [0.2, 0.25) is 0 Å². The fourth-order valence-electron chi connectivity index (χ4n) is 1.83. The number of aryl methyl sites for hydroxylation is 2. The van der Waals surface area contributed by atoms with Gasteiger partial charge in [0.25, 0.3) is 0 Å². The third-order valence-corrected chi connectivity index (χ3v) is 2.94. The van der Waals surface area contributed by atoms with Gasteiger partial charge in [-0.1, -0.05) is 12.1 Å². The molecule has 2 rings (SSSR count). The Balaban J connectivity index is 2.44. The van der Waals surface area contributed by atoms with Gasteiger partial charge in [-0.3, -0.25) is 4.68 Å². The second-order valence-corrected chi connectivity index (χ2v) is 4.13. The van der Waals surface area contributed by atoms with E-state index in [9.17, 15) is 9.50 Å². The van der Waals surface area contributed by atoms with Crippen molar-refractivity contribution in [1.82, 2.24) is 9.78 Å². The second kappa shape index (κ2) is 4.78. The van der Waals surface area contributed by atoms with E-state index in [1.807, 2.05) is 0 Å². The molecule has 0 amide bonds. The molecule has 1 N–H and O–H groups in total. The van der Waals surface area contributed by atoms with Crippen LogP contribution < -0.4 is 4.74 Å². The number of nitrogens with zero attached hydrogens (tertiary/aromatic N) is 2. The Kier molecular flexibility index (Phi) is 3.34. The maximum Gasteiger partial charge on any atom is 0.162 e. The highest BCUT2D eigenvalue weighted by Gasteiger charge is 2.20. The highest BCUT2D eigenvalue weighted by atomic mass is 19.1. The van der Waals surface area contributed by atoms with E-state index in [1.165, 1.54) is 24.1 Å². The summed E-state index contributed by atoms with van der Waals surface area (Å²) < 4.78 is 20.1. The fourth-order valence-corrected chi connectivity index (χ4v) is 1.83. The summed E-state index contributed by atoms with van der Waals surface area (Å²) in [5, 5.41) is 14.3. The van der Waals surface area contributed by atoms with E-state index in [-0.39, 0.29) is 5.82 Å². The summed E-state index contributed by atoms with van der Waals surface area (Å²) in [6, 6.07) is 4.65. The van der Waals surface area contributed by atoms with Crippen LogP contribution in [0.5, 0.6) is 5.75 Å². The largest absolute Gasteiger partial charge is 0.493 e. The van der Waals surface area contributed by atoms with Crippen LogP contribution in [0.25, 0.3) is 0 Å². The SMILES string of the molecule is COc1cnn(C)c1C(O)c1ccc(C)c(F)c1. The third-order valence-electron chi connectivity index (χ3n) is 2.94. The molecule has 1 unspecified atom stereocenters. The molecule has 0 spiro atoms. The van der Waals surface area contributed by atoms with Crippen molar-refractivity contribution in [2.24, 2.45) is 7.05 Å². The fraction of sp³-hybridized carbons (Fsp3) is 0.308. The zero-order chi connectivity index (χ0) is 13.3. The number of aromatic nitrogens is 2. The first-order valence-electron chi connectivity index (χ1n) is 5.54. The molecule has 0 radical (unpaired) electrons. The van der Waals surface area contributed by atoms with E-state index >= 15 is 0 Å². The van der Waals surface area contributed by atoms with Crippen LogP contribution in [0.3, 0.4) is 0 Å². The van der Waals surface area contributed by atoms with Crippen molar-refractivity contribution in [2.45, 2.75) is 13.0 Å². The molecule has 5 heteroatoms. The molecule has 1 aromatic heterocycles. The number of rotatable bonds is 3. The molecule has 0 fully saturated rings. The van der Waals surface area contributed by atoms with Crippen molar-refractivity contribution >= 4 is 0 Å². The molecule has 96 valence electrons. The van der Waals surface area contributed by atoms with Crippen LogP contribution in [0.1, 0.15) is 22.9 Å². The van der Waals surface area contributed by atoms with Crippen molar-refractivity contribution in [1.29, 1.82) is 0 Å². The predicted octanol–water partition coefficient (Wildman–Crippen LogP) is 1.96. The molecule has 4 nitrogen and oxygen atoms in total. The minimum Gasteiger partial charge on any atom is -0.493 e. The Hall–Kier alpha value is -1.88. The van der Waals surface area contributed by atoms with Gasteiger partial charge in [0, 0.05) is 7.05 Å². The molecule has 0 saturated carbocycles. The topological polar surface area (TPSA) is 47.3 Å². The van der Waals surface area contributed by atoms with Gasteiger partial charge in [-0.05, 0) is 24.1 Å². The number of aliphatic hydroxyl groups is 1. The summed E-state index contributed by atoms with van der Waals surface area (Å²) in [5.74, 6) is 0.138. The Morgan fingerprint density at radius 2 is 2.17 bits per heavy atom. The number of aliphatic hydroxyl groups excluding tert-OH is 1. The zero-order valence-electron chi connectivity index (χ0n) is 10.5. The van der Waals surface area contributed by atoms with Gasteiger partial charge in [0.05, 0.1) is 13.3 Å². The highest BCUT2D eigenvalue weighted by Crippen LogP contribution is 2.29. The van der Waals surface area contributed by atoms with E-state index in [0.717, 1.165) is 0 Å². The number of methoxy groups -OCH3 is 1. The lowest BCUT2D eigenvalue weighted by Crippen LogP contribution is -2.08. The standard InChI is InChI=1S/C13H15FN2O2/c1-8-4-5-9(6-10(8)14)13(17)12-11(18-3)7-15-16(12)2/h4-7,13,17H,1-3H3. The summed E-state index contributed by atoms with van der Waals surface area (Å²) in [6.45, 7) is 1.68. The third kappa shape index (κ3) is 2.09. The van der Waals surface area contributed by atoms with Crippen molar-refractivity contribution < 1.29 is 14.2 Å². The van der Waals surface area contributed by atoms with Gasteiger partial charge >= 0.3 is 0 Å². The normalized spacial score (nSPS) is 12.5. The van der Waals surface area contributed by atoms with Crippen LogP contribution in [0.15, 0.2) is 24.4 Å². The summed E-state index contributed by atoms with van der Waals surface area (Å²) >= 11 is 0. The lowest BCUT2D eigenvalue weighted by molar-refractivity contribution is 0.204. The summed E-state index contributed by atoms with van der Waals surface area (Å²) in [5.41, 5.74) is 1.52. The molecular weight excluding hydrogens is 235 g/mol. The molecule has 1 aromatic carbocycles. The predicted molar refractivity (Wildman–Crippen MR) is 65.0 cm³/mol. The van der Waals surface area contributed by atoms with Gasteiger partial charge in [0.1, 0.15) is 17.6 Å². The number of ether oxygens (including phenoxy) is 1. The van der Waals surface area contributed by atoms with Gasteiger partial charge in [-0.25, -0.2) is 4.39 Å². The molecule has 0 aliphatic rings. The Labute approximate surface area is 105 Å². The Bertz CT molecular complexity index is 566. The van der Waals surface area contributed by atoms with E-state index < -0.39 is 6.10 Å². The molecule has 0 aliphatic carbocycles. The van der Waals surface area contributed by atoms with Gasteiger partial charge in [-0.2, -0.15) is 5.10 Å². The van der Waals surface area contributed by atoms with Crippen molar-refractivity contribution in [3.63, 3.8) is 0 Å². The first-order valence-corrected chi connectivity index (χ1v) is 5.54. The van der Waals surface area contributed by atoms with Crippen molar-refractivity contribution in [3.05, 3.63) is 47.0 Å². The quantitative estimate of drug-likeness (QED) is 0.905. The molecule has 1 heterocycles. The van der Waals surface area contributed by atoms with Crippen LogP contribution in [-0.2, 0) is 7.05 Å². The second-order valence-electron chi connectivity index (χ2n) is 4.13. The molecular formula is C13H15FN2O2. The Morgan fingerprint density at radius 1 is 1.44 bits per heavy atom. The van der Waals surface area contributed by atoms with E-state index in [0.29, 0.717) is 22.6 Å². The van der Waals surface area contributed by atoms with Gasteiger partial charge in [-0.15, -0.1) is 0 Å². The number of halogens is 1. The highest BCUT2D eigenvalue weighted by molar-refractivity contribution is 5.36. The lowest BCUT2D eigenvalue weighted by atomic mass is 10.0. The maximum atomic E-state index is 13.5. The molecule has 0 saturated heterocycles. The smallest absolute Gasteiger partial charge is 0.162 e. The first kappa shape index (κ1) is 12.6. The summed E-state index contributed by atoms with van der Waals surface area (Å²) in [4.78, 5) is 0. The number of hydrogen-bond acceptors (Lipinski definition) is 3. The van der Waals surface area contributed by atoms with Gasteiger partial charge < -0.3 is 9.84 Å². The number of benzene rings is 1. The average molecular weight is 250 g/mol. The summed E-state index contributed by atoms with van der Waals surface area (Å²) in [7, 11) is 3.20. The van der Waals surface area contributed by atoms with Crippen molar-refractivity contribution in [2.75, 3.05) is 7.11 Å². The molecule has 2 aromatic rings. The minimum atomic E-state index is -0.970. The average Bonchev–Trinajstić information content (AvgIpc) is 2.73. The van der Waals surface area contributed by atoms with Crippen molar-refractivity contribution in [3.8, 4) is 5.75 Å². The molecule has 0 bridgehead atoms. The first-order chi connectivity index (χ1) is 8.54. The lowest BCUT2D eigenvalue weighted by Gasteiger charge is -2.14. The van der Waals surface area contributed by atoms with Crippen LogP contribution in [0, 0.1) is 12.7 Å². The zero-order valence-corrected chi connectivity index (χ0v) is 10.5. The van der Waals surface area contributed by atoms with Crippen LogP contribution >= 0.6 is 0 Å². The van der Waals surface area contributed by atoms with Gasteiger partial charge in [0.15, 0.2) is 5.75 Å². The number of hydrogen-bond donors (Lipinski definition) is 1. The Morgan fingerprint density at radius 3 is 2.78 bits per heavy atom. The van der Waals surface area contributed by atoms with E-state index in [2.05, 4.69) is 5.10 Å². The molecule has 18 heavy (non-hydrogen) atoms. The minimum absolute atomic E-state index is 0.340. The monoisotopic (exact) mass is 250 g/mol. The molecule has 0 aliphatic heterocycles. The molecule has 1 atom stereocenters.